The van der Waals surface area contributed by atoms with Crippen LogP contribution in [-0.4, -0.2) is 44.3 Å². The number of pyridine rings is 1. The largest absolute Gasteiger partial charge is 0.381 e. The van der Waals surface area contributed by atoms with Crippen molar-refractivity contribution in [2.45, 2.75) is 31.6 Å². The highest BCUT2D eigenvalue weighted by molar-refractivity contribution is 6.04. The van der Waals surface area contributed by atoms with Gasteiger partial charge in [0.05, 0.1) is 12.6 Å². The molecular weight excluding hydrogens is 396 g/mol. The lowest BCUT2D eigenvalue weighted by atomic mass is 10.1. The minimum Gasteiger partial charge on any atom is -0.381 e. The van der Waals surface area contributed by atoms with Crippen LogP contribution < -0.4 is 21.5 Å². The van der Waals surface area contributed by atoms with Crippen molar-refractivity contribution in [1.29, 1.82) is 0 Å². The van der Waals surface area contributed by atoms with E-state index in [-0.39, 0.29) is 54.2 Å². The van der Waals surface area contributed by atoms with Crippen LogP contribution in [0.2, 0.25) is 0 Å². The zero-order valence-electron chi connectivity index (χ0n) is 15.9. The quantitative estimate of drug-likeness (QED) is 0.568. The van der Waals surface area contributed by atoms with E-state index in [2.05, 4.69) is 15.4 Å². The summed E-state index contributed by atoms with van der Waals surface area (Å²) in [7, 11) is 0. The molecule has 1 amide bonds. The number of nitrogens with two attached hydrogens (primary N) is 1. The van der Waals surface area contributed by atoms with E-state index < -0.39 is 23.9 Å². The molecule has 156 valence electrons. The van der Waals surface area contributed by atoms with E-state index in [1.807, 2.05) is 0 Å². The van der Waals surface area contributed by atoms with Crippen molar-refractivity contribution in [1.82, 2.24) is 24.5 Å². The molecule has 5 heterocycles. The molecule has 2 aliphatic heterocycles. The van der Waals surface area contributed by atoms with Crippen molar-refractivity contribution in [3.63, 3.8) is 0 Å². The number of anilines is 2. The zero-order chi connectivity index (χ0) is 21.0. The maximum Gasteiger partial charge on any atom is 0.258 e. The number of carbonyl (C=O) groups is 1. The van der Waals surface area contributed by atoms with Crippen LogP contribution in [0, 0.1) is 5.82 Å². The van der Waals surface area contributed by atoms with Gasteiger partial charge in [-0.25, -0.2) is 18.3 Å². The molecule has 2 aliphatic rings. The number of halogens is 2. The predicted octanol–water partition coefficient (Wildman–Crippen LogP) is 1.04. The van der Waals surface area contributed by atoms with Gasteiger partial charge in [0.2, 0.25) is 0 Å². The van der Waals surface area contributed by atoms with Gasteiger partial charge in [0.15, 0.2) is 11.5 Å². The molecule has 1 saturated heterocycles. The molecule has 2 atom stereocenters. The Bertz CT molecular complexity index is 1220. The van der Waals surface area contributed by atoms with E-state index in [4.69, 9.17) is 5.73 Å². The van der Waals surface area contributed by atoms with Crippen LogP contribution in [0.3, 0.4) is 0 Å². The van der Waals surface area contributed by atoms with Crippen LogP contribution in [0.1, 0.15) is 34.8 Å². The number of aryl methyl sites for hydroxylation is 1. The SMILES string of the molecule is Nc1nn2ccc3nc2c1C(=O)NCCCn1cc(F)cc(c1=O)[C@H]1C[C@H](F)CN31. The van der Waals surface area contributed by atoms with E-state index >= 15 is 0 Å². The maximum atomic E-state index is 14.4. The first-order valence-corrected chi connectivity index (χ1v) is 9.66. The number of carbonyl (C=O) groups excluding carboxylic acids is 1. The lowest BCUT2D eigenvalue weighted by Crippen LogP contribution is -2.33. The third-order valence-electron chi connectivity index (χ3n) is 5.57. The van der Waals surface area contributed by atoms with Gasteiger partial charge in [-0.2, -0.15) is 0 Å². The minimum absolute atomic E-state index is 0.00502. The Labute approximate surface area is 169 Å². The van der Waals surface area contributed by atoms with Gasteiger partial charge in [0.25, 0.3) is 11.5 Å². The first kappa shape index (κ1) is 18.5. The number of nitrogens with zero attached hydrogens (tertiary/aromatic N) is 5. The standard InChI is InChI=1S/C19H19F2N7O2/c20-10-6-12-13-7-11(21)9-27(13)14-2-5-28-17(24-14)15(16(22)25-28)18(29)23-3-1-4-26(8-10)19(12)30/h2,5-6,8,11,13H,1,3-4,7,9H2,(H2,22,25)(H,23,29)/t11-,13+/m0/s1. The topological polar surface area (TPSA) is 111 Å². The number of alkyl halides is 1. The van der Waals surface area contributed by atoms with Crippen LogP contribution in [0.15, 0.2) is 29.3 Å². The van der Waals surface area contributed by atoms with Crippen LogP contribution >= 0.6 is 0 Å². The highest BCUT2D eigenvalue weighted by Crippen LogP contribution is 2.36. The Balaban J connectivity index is 1.73. The molecule has 0 unspecified atom stereocenters. The monoisotopic (exact) mass is 415 g/mol. The fourth-order valence-corrected chi connectivity index (χ4v) is 4.21. The number of rotatable bonds is 0. The lowest BCUT2D eigenvalue weighted by Gasteiger charge is -2.26. The van der Waals surface area contributed by atoms with Crippen molar-refractivity contribution in [3.05, 3.63) is 51.8 Å². The predicted molar refractivity (Wildman–Crippen MR) is 105 cm³/mol. The first-order chi connectivity index (χ1) is 14.4. The molecule has 11 heteroatoms. The molecule has 9 nitrogen and oxygen atoms in total. The molecule has 4 bridgehead atoms. The Kier molecular flexibility index (Phi) is 4.19. The summed E-state index contributed by atoms with van der Waals surface area (Å²) in [5.74, 6) is -0.627. The van der Waals surface area contributed by atoms with E-state index in [1.54, 1.807) is 17.2 Å². The summed E-state index contributed by atoms with van der Waals surface area (Å²) in [6, 6.07) is 2.10. The number of nitrogens with one attached hydrogen (secondary N) is 1. The second kappa shape index (κ2) is 6.78. The summed E-state index contributed by atoms with van der Waals surface area (Å²) in [6.07, 6.45) is 1.93. The molecular formula is C19H19F2N7O2. The highest BCUT2D eigenvalue weighted by atomic mass is 19.1. The van der Waals surface area contributed by atoms with Gasteiger partial charge in [-0.3, -0.25) is 9.59 Å². The number of amides is 1. The van der Waals surface area contributed by atoms with Crippen molar-refractivity contribution >= 4 is 23.2 Å². The van der Waals surface area contributed by atoms with E-state index in [1.165, 1.54) is 15.1 Å². The van der Waals surface area contributed by atoms with Gasteiger partial charge in [-0.05, 0) is 18.6 Å². The third kappa shape index (κ3) is 2.88. The number of aromatic nitrogens is 4. The molecule has 5 rings (SSSR count). The van der Waals surface area contributed by atoms with Crippen molar-refractivity contribution < 1.29 is 13.6 Å². The number of nitrogen functional groups attached to an aromatic ring is 1. The molecule has 0 aliphatic carbocycles. The molecule has 0 aromatic carbocycles. The second-order valence-electron chi connectivity index (χ2n) is 7.54. The van der Waals surface area contributed by atoms with Gasteiger partial charge in [0, 0.05) is 37.5 Å². The average Bonchev–Trinajstić information content (AvgIpc) is 3.25. The Morgan fingerprint density at radius 1 is 1.30 bits per heavy atom. The van der Waals surface area contributed by atoms with Crippen molar-refractivity contribution in [2.24, 2.45) is 0 Å². The van der Waals surface area contributed by atoms with E-state index in [0.29, 0.717) is 12.2 Å². The average molecular weight is 415 g/mol. The number of hydrogen-bond acceptors (Lipinski definition) is 6. The number of fused-ring (bicyclic) bond motifs is 6. The first-order valence-electron chi connectivity index (χ1n) is 9.66. The van der Waals surface area contributed by atoms with Gasteiger partial charge in [0.1, 0.15) is 23.4 Å². The minimum atomic E-state index is -1.21. The molecule has 0 saturated carbocycles. The van der Waals surface area contributed by atoms with E-state index in [0.717, 1.165) is 6.20 Å². The molecule has 0 radical (unpaired) electrons. The zero-order valence-corrected chi connectivity index (χ0v) is 15.9. The van der Waals surface area contributed by atoms with Crippen LogP contribution in [0.4, 0.5) is 20.4 Å². The van der Waals surface area contributed by atoms with Gasteiger partial charge in [-0.1, -0.05) is 0 Å². The van der Waals surface area contributed by atoms with E-state index in [9.17, 15) is 18.4 Å². The summed E-state index contributed by atoms with van der Waals surface area (Å²) in [4.78, 5) is 31.8. The molecule has 1 fully saturated rings. The molecule has 0 spiro atoms. The maximum absolute atomic E-state index is 14.4. The van der Waals surface area contributed by atoms with Crippen LogP contribution in [0.5, 0.6) is 0 Å². The Morgan fingerprint density at radius 3 is 2.97 bits per heavy atom. The number of hydrogen-bond donors (Lipinski definition) is 2. The normalized spacial score (nSPS) is 21.5. The highest BCUT2D eigenvalue weighted by Gasteiger charge is 2.36. The summed E-state index contributed by atoms with van der Waals surface area (Å²) in [6.45, 7) is 0.447. The smallest absolute Gasteiger partial charge is 0.258 e. The van der Waals surface area contributed by atoms with Crippen molar-refractivity contribution in [3.8, 4) is 0 Å². The summed E-state index contributed by atoms with van der Waals surface area (Å²) < 4.78 is 31.4. The second-order valence-corrected chi connectivity index (χ2v) is 7.54. The fraction of sp³-hybridized carbons (Fsp3) is 0.368. The van der Waals surface area contributed by atoms with Gasteiger partial charge in [-0.15, -0.1) is 5.10 Å². The third-order valence-corrected chi connectivity index (χ3v) is 5.57. The van der Waals surface area contributed by atoms with Gasteiger partial charge < -0.3 is 20.5 Å². The Morgan fingerprint density at radius 2 is 2.13 bits per heavy atom. The molecule has 3 aromatic rings. The summed E-state index contributed by atoms with van der Waals surface area (Å²) in [5.41, 5.74) is 6.13. The lowest BCUT2D eigenvalue weighted by molar-refractivity contribution is 0.0955. The molecule has 3 N–H and O–H groups in total. The van der Waals surface area contributed by atoms with Crippen molar-refractivity contribution in [2.75, 3.05) is 23.7 Å². The summed E-state index contributed by atoms with van der Waals surface area (Å²) >= 11 is 0. The van der Waals surface area contributed by atoms with Crippen LogP contribution in [0.25, 0.3) is 5.65 Å². The Hall–Kier alpha value is -3.50. The molecule has 3 aromatic heterocycles. The molecule has 30 heavy (non-hydrogen) atoms. The van der Waals surface area contributed by atoms with Gasteiger partial charge >= 0.3 is 0 Å². The van der Waals surface area contributed by atoms with Crippen LogP contribution in [-0.2, 0) is 6.54 Å². The summed E-state index contributed by atoms with van der Waals surface area (Å²) in [5, 5.41) is 6.85. The fourth-order valence-electron chi connectivity index (χ4n) is 4.21.